The van der Waals surface area contributed by atoms with Crippen LogP contribution >= 0.6 is 0 Å². The van der Waals surface area contributed by atoms with Gasteiger partial charge in [0.15, 0.2) is 6.10 Å². The summed E-state index contributed by atoms with van der Waals surface area (Å²) in [6.45, 7) is 6.50. The third-order valence-electron chi connectivity index (χ3n) is 14.4. The quantitative estimate of drug-likeness (QED) is 0.0261. The summed E-state index contributed by atoms with van der Waals surface area (Å²) in [5.41, 5.74) is 0. The van der Waals surface area contributed by atoms with Gasteiger partial charge < -0.3 is 14.2 Å². The van der Waals surface area contributed by atoms with E-state index in [9.17, 15) is 14.4 Å². The smallest absolute Gasteiger partial charge is 0.306 e. The molecular formula is C70H124O6. The predicted octanol–water partition coefficient (Wildman–Crippen LogP) is 22.5. The van der Waals surface area contributed by atoms with Crippen molar-refractivity contribution in [3.8, 4) is 0 Å². The fourth-order valence-corrected chi connectivity index (χ4v) is 9.53. The third-order valence-corrected chi connectivity index (χ3v) is 14.4. The van der Waals surface area contributed by atoms with Crippen molar-refractivity contribution in [3.05, 3.63) is 72.9 Å². The fraction of sp³-hybridized carbons (Fsp3) is 0.786. The van der Waals surface area contributed by atoms with Crippen LogP contribution in [-0.2, 0) is 28.6 Å². The molecule has 1 atom stereocenters. The van der Waals surface area contributed by atoms with E-state index in [-0.39, 0.29) is 31.1 Å². The molecule has 0 N–H and O–H groups in total. The molecule has 0 aliphatic carbocycles. The molecular weight excluding hydrogens is 937 g/mol. The van der Waals surface area contributed by atoms with Gasteiger partial charge in [0.1, 0.15) is 13.2 Å². The molecule has 0 heterocycles. The van der Waals surface area contributed by atoms with E-state index in [1.807, 2.05) is 0 Å². The molecule has 0 saturated heterocycles. The number of rotatable bonds is 60. The van der Waals surface area contributed by atoms with Gasteiger partial charge in [0.25, 0.3) is 0 Å². The minimum atomic E-state index is -0.773. The normalized spacial score (nSPS) is 12.5. The average molecular weight is 1060 g/mol. The summed E-state index contributed by atoms with van der Waals surface area (Å²) < 4.78 is 16.8. The minimum Gasteiger partial charge on any atom is -0.462 e. The Hall–Kier alpha value is -3.15. The van der Waals surface area contributed by atoms with Crippen LogP contribution in [0, 0.1) is 0 Å². The number of carbonyl (C=O) groups excluding carboxylic acids is 3. The van der Waals surface area contributed by atoms with E-state index in [4.69, 9.17) is 14.2 Å². The van der Waals surface area contributed by atoms with E-state index in [2.05, 4.69) is 93.7 Å². The zero-order valence-corrected chi connectivity index (χ0v) is 50.5. The Bertz CT molecular complexity index is 1400. The van der Waals surface area contributed by atoms with Crippen molar-refractivity contribution in [2.75, 3.05) is 13.2 Å². The summed E-state index contributed by atoms with van der Waals surface area (Å²) in [5, 5.41) is 0. The van der Waals surface area contributed by atoms with Crippen LogP contribution < -0.4 is 0 Å². The first-order valence-electron chi connectivity index (χ1n) is 32.9. The summed E-state index contributed by atoms with van der Waals surface area (Å²) in [7, 11) is 0. The van der Waals surface area contributed by atoms with Gasteiger partial charge in [0.05, 0.1) is 0 Å². The van der Waals surface area contributed by atoms with Crippen LogP contribution in [0.3, 0.4) is 0 Å². The number of carbonyl (C=O) groups is 3. The molecule has 0 fully saturated rings. The minimum absolute atomic E-state index is 0.0735. The monoisotopic (exact) mass is 1060 g/mol. The van der Waals surface area contributed by atoms with Crippen molar-refractivity contribution >= 4 is 17.9 Å². The Morgan fingerprint density at radius 3 is 0.816 bits per heavy atom. The largest absolute Gasteiger partial charge is 0.462 e. The highest BCUT2D eigenvalue weighted by atomic mass is 16.6. The molecule has 0 aliphatic rings. The molecule has 440 valence electrons. The van der Waals surface area contributed by atoms with E-state index in [0.29, 0.717) is 19.3 Å². The topological polar surface area (TPSA) is 78.9 Å². The van der Waals surface area contributed by atoms with Gasteiger partial charge in [-0.2, -0.15) is 0 Å². The van der Waals surface area contributed by atoms with Gasteiger partial charge in [-0.1, -0.05) is 299 Å². The molecule has 0 rings (SSSR count). The number of allylic oxidation sites excluding steroid dienone is 12. The van der Waals surface area contributed by atoms with Crippen LogP contribution in [0.2, 0.25) is 0 Å². The maximum absolute atomic E-state index is 12.9. The van der Waals surface area contributed by atoms with Crippen molar-refractivity contribution in [2.45, 2.75) is 341 Å². The van der Waals surface area contributed by atoms with Gasteiger partial charge in [-0.25, -0.2) is 0 Å². The second-order valence-corrected chi connectivity index (χ2v) is 22.0. The van der Waals surface area contributed by atoms with Crippen molar-refractivity contribution in [2.24, 2.45) is 0 Å². The molecule has 0 bridgehead atoms. The molecule has 76 heavy (non-hydrogen) atoms. The summed E-state index contributed by atoms with van der Waals surface area (Å²) >= 11 is 0. The van der Waals surface area contributed by atoms with Crippen molar-refractivity contribution in [1.82, 2.24) is 0 Å². The van der Waals surface area contributed by atoms with Crippen LogP contribution in [0.25, 0.3) is 0 Å². The van der Waals surface area contributed by atoms with Crippen LogP contribution in [0.4, 0.5) is 0 Å². The lowest BCUT2D eigenvalue weighted by atomic mass is 10.0. The fourth-order valence-electron chi connectivity index (χ4n) is 9.53. The Balaban J connectivity index is 4.06. The van der Waals surface area contributed by atoms with Gasteiger partial charge in [-0.15, -0.1) is 0 Å². The number of hydrogen-bond donors (Lipinski definition) is 0. The average Bonchev–Trinajstić information content (AvgIpc) is 3.42. The number of hydrogen-bond acceptors (Lipinski definition) is 6. The maximum Gasteiger partial charge on any atom is 0.306 e. The molecule has 0 aromatic rings. The van der Waals surface area contributed by atoms with Gasteiger partial charge in [-0.3, -0.25) is 14.4 Å². The third kappa shape index (κ3) is 61.7. The van der Waals surface area contributed by atoms with Gasteiger partial charge in [0.2, 0.25) is 0 Å². The maximum atomic E-state index is 12.9. The molecule has 0 aromatic heterocycles. The first kappa shape index (κ1) is 72.8. The summed E-state index contributed by atoms with van der Waals surface area (Å²) in [5.74, 6) is -0.872. The first-order chi connectivity index (χ1) is 37.5. The summed E-state index contributed by atoms with van der Waals surface area (Å²) in [6, 6.07) is 0. The Morgan fingerprint density at radius 1 is 0.276 bits per heavy atom. The second kappa shape index (κ2) is 64.4. The first-order valence-corrected chi connectivity index (χ1v) is 32.9. The second-order valence-electron chi connectivity index (χ2n) is 22.0. The molecule has 6 heteroatoms. The lowest BCUT2D eigenvalue weighted by Crippen LogP contribution is -2.30. The van der Waals surface area contributed by atoms with E-state index >= 15 is 0 Å². The molecule has 0 aliphatic heterocycles. The Kier molecular flexibility index (Phi) is 61.7. The number of unbranched alkanes of at least 4 members (excludes halogenated alkanes) is 37. The molecule has 0 aromatic carbocycles. The van der Waals surface area contributed by atoms with Crippen molar-refractivity contribution < 1.29 is 28.6 Å². The van der Waals surface area contributed by atoms with Crippen LogP contribution in [-0.4, -0.2) is 37.2 Å². The van der Waals surface area contributed by atoms with E-state index in [1.165, 1.54) is 205 Å². The number of ether oxygens (including phenoxy) is 3. The van der Waals surface area contributed by atoms with E-state index in [0.717, 1.165) is 89.9 Å². The molecule has 0 amide bonds. The lowest BCUT2D eigenvalue weighted by molar-refractivity contribution is -0.167. The molecule has 0 spiro atoms. The highest BCUT2D eigenvalue weighted by Crippen LogP contribution is 2.17. The van der Waals surface area contributed by atoms with E-state index in [1.54, 1.807) is 0 Å². The lowest BCUT2D eigenvalue weighted by Gasteiger charge is -2.18. The molecule has 0 radical (unpaired) electrons. The van der Waals surface area contributed by atoms with Gasteiger partial charge in [0, 0.05) is 19.3 Å². The van der Waals surface area contributed by atoms with Gasteiger partial charge in [-0.05, 0) is 89.9 Å². The molecule has 0 saturated carbocycles. The zero-order chi connectivity index (χ0) is 55.0. The Morgan fingerprint density at radius 2 is 0.513 bits per heavy atom. The van der Waals surface area contributed by atoms with Crippen molar-refractivity contribution in [1.29, 1.82) is 0 Å². The standard InChI is InChI=1S/C70H124O6/c1-4-7-10-13-16-18-20-22-24-26-28-30-32-34-35-37-38-40-42-44-46-48-50-52-54-57-60-63-69(72)75-66-67(65-74-68(71)62-59-56-15-12-9-6-3)76-70(73)64-61-58-55-53-51-49-47-45-43-41-39-36-33-31-29-27-25-23-21-19-17-14-11-8-5-2/h7,10,16,18,22,24,27-30,34-35,67H,4-6,8-9,11-15,17,19-21,23,25-26,31-33,36-66H2,1-3H3/b10-7-,18-16-,24-22-,29-27-,30-28-,35-34-. The van der Waals surface area contributed by atoms with E-state index < -0.39 is 6.10 Å². The summed E-state index contributed by atoms with van der Waals surface area (Å²) in [6.07, 6.45) is 83.8. The highest BCUT2D eigenvalue weighted by molar-refractivity contribution is 5.71. The predicted molar refractivity (Wildman–Crippen MR) is 330 cm³/mol. The molecule has 1 unspecified atom stereocenters. The summed E-state index contributed by atoms with van der Waals surface area (Å²) in [4.78, 5) is 38.0. The SMILES string of the molecule is CC/C=C\C/C=C\C/C=C\C/C=C\C/C=C\CCCCCCCCCCCCCC(=O)OCC(COC(=O)CCCCCCCC)OC(=O)CCCCCCCCCCCCCCC/C=C\CCCCCCCCCC. The van der Waals surface area contributed by atoms with Crippen LogP contribution in [0.5, 0.6) is 0 Å². The van der Waals surface area contributed by atoms with Crippen molar-refractivity contribution in [3.63, 3.8) is 0 Å². The highest BCUT2D eigenvalue weighted by Gasteiger charge is 2.19. The number of esters is 3. The zero-order valence-electron chi connectivity index (χ0n) is 50.5. The van der Waals surface area contributed by atoms with Crippen LogP contribution in [0.15, 0.2) is 72.9 Å². The van der Waals surface area contributed by atoms with Gasteiger partial charge >= 0.3 is 17.9 Å². The Labute approximate surface area is 472 Å². The van der Waals surface area contributed by atoms with Crippen LogP contribution in [0.1, 0.15) is 335 Å². The molecule has 6 nitrogen and oxygen atoms in total.